The van der Waals surface area contributed by atoms with Gasteiger partial charge in [-0.1, -0.05) is 26.8 Å². The summed E-state index contributed by atoms with van der Waals surface area (Å²) in [6.07, 6.45) is 0. The van der Waals surface area contributed by atoms with Crippen molar-refractivity contribution < 1.29 is 14.7 Å². The van der Waals surface area contributed by atoms with Gasteiger partial charge in [0.25, 0.3) is 0 Å². The molecule has 0 aromatic carbocycles. The Morgan fingerprint density at radius 2 is 2.06 bits per heavy atom. The van der Waals surface area contributed by atoms with Crippen LogP contribution in [-0.2, 0) is 9.59 Å². The number of carbonyl (C=O) groups is 2. The second kappa shape index (κ2) is 5.49. The molecule has 0 saturated carbocycles. The molecular weight excluding hydrogens is 252 g/mol. The van der Waals surface area contributed by atoms with E-state index in [1.54, 1.807) is 17.5 Å². The summed E-state index contributed by atoms with van der Waals surface area (Å²) in [5.74, 6) is -1.55. The van der Waals surface area contributed by atoms with Crippen LogP contribution in [0.15, 0.2) is 17.5 Å². The van der Waals surface area contributed by atoms with Gasteiger partial charge in [-0.15, -0.1) is 11.3 Å². The lowest BCUT2D eigenvalue weighted by Crippen LogP contribution is -2.50. The molecular formula is C12H18N2O3S. The molecule has 0 spiro atoms. The van der Waals surface area contributed by atoms with E-state index in [1.807, 2.05) is 20.8 Å². The molecule has 0 aliphatic heterocycles. The minimum absolute atomic E-state index is 0.414. The molecule has 0 saturated heterocycles. The number of hydrogen-bond acceptors (Lipinski definition) is 4. The number of thiophene rings is 1. The number of amides is 1. The normalized spacial score (nSPS) is 14.9. The average Bonchev–Trinajstić information content (AvgIpc) is 2.75. The van der Waals surface area contributed by atoms with Crippen LogP contribution in [0, 0.1) is 5.41 Å². The summed E-state index contributed by atoms with van der Waals surface area (Å²) in [6, 6.07) is 1.63. The van der Waals surface area contributed by atoms with E-state index in [4.69, 9.17) is 10.8 Å². The second-order valence-electron chi connectivity index (χ2n) is 5.14. The van der Waals surface area contributed by atoms with Gasteiger partial charge in [0.05, 0.1) is 6.04 Å². The predicted octanol–water partition coefficient (Wildman–Crippen LogP) is 1.36. The first kappa shape index (κ1) is 14.7. The summed E-state index contributed by atoms with van der Waals surface area (Å²) in [6.45, 7) is 5.49. The Balaban J connectivity index is 2.81. The lowest BCUT2D eigenvalue weighted by atomic mass is 9.87. The third-order valence-corrected chi connectivity index (χ3v) is 3.51. The number of carbonyl (C=O) groups excluding carboxylic acids is 1. The van der Waals surface area contributed by atoms with E-state index in [-0.39, 0.29) is 0 Å². The number of carboxylic acids is 1. The Morgan fingerprint density at radius 3 is 2.44 bits per heavy atom. The summed E-state index contributed by atoms with van der Waals surface area (Å²) in [5.41, 5.74) is 5.38. The van der Waals surface area contributed by atoms with Crippen LogP contribution in [0.25, 0.3) is 0 Å². The van der Waals surface area contributed by atoms with E-state index in [1.165, 1.54) is 11.3 Å². The van der Waals surface area contributed by atoms with Gasteiger partial charge in [0, 0.05) is 4.88 Å². The minimum Gasteiger partial charge on any atom is -0.479 e. The fourth-order valence-electron chi connectivity index (χ4n) is 1.34. The number of aliphatic carboxylic acids is 1. The fraction of sp³-hybridized carbons (Fsp3) is 0.500. The van der Waals surface area contributed by atoms with Crippen LogP contribution in [0.1, 0.15) is 31.7 Å². The van der Waals surface area contributed by atoms with Gasteiger partial charge in [0.15, 0.2) is 6.04 Å². The molecule has 1 rings (SSSR count). The van der Waals surface area contributed by atoms with Crippen LogP contribution in [0.3, 0.4) is 0 Å². The van der Waals surface area contributed by atoms with Crippen molar-refractivity contribution >= 4 is 23.2 Å². The summed E-state index contributed by atoms with van der Waals surface area (Å²) in [5, 5.41) is 13.4. The molecule has 18 heavy (non-hydrogen) atoms. The number of nitrogens with two attached hydrogens (primary N) is 1. The molecule has 1 aromatic rings. The van der Waals surface area contributed by atoms with Crippen LogP contribution in [0.5, 0.6) is 0 Å². The van der Waals surface area contributed by atoms with Gasteiger partial charge >= 0.3 is 5.97 Å². The van der Waals surface area contributed by atoms with Crippen molar-refractivity contribution in [2.75, 3.05) is 0 Å². The average molecular weight is 270 g/mol. The molecule has 1 heterocycles. The smallest absolute Gasteiger partial charge is 0.331 e. The largest absolute Gasteiger partial charge is 0.479 e. The van der Waals surface area contributed by atoms with E-state index in [0.29, 0.717) is 4.88 Å². The topological polar surface area (TPSA) is 92.4 Å². The Morgan fingerprint density at radius 1 is 1.44 bits per heavy atom. The highest BCUT2D eigenvalue weighted by atomic mass is 32.1. The van der Waals surface area contributed by atoms with Gasteiger partial charge in [-0.05, 0) is 16.9 Å². The van der Waals surface area contributed by atoms with Gasteiger partial charge in [-0.2, -0.15) is 0 Å². The number of hydrogen-bond donors (Lipinski definition) is 3. The van der Waals surface area contributed by atoms with E-state index >= 15 is 0 Å². The zero-order valence-electron chi connectivity index (χ0n) is 10.6. The van der Waals surface area contributed by atoms with Crippen molar-refractivity contribution in [3.63, 3.8) is 0 Å². The highest BCUT2D eigenvalue weighted by Gasteiger charge is 2.31. The molecule has 5 nitrogen and oxygen atoms in total. The molecule has 0 aliphatic carbocycles. The SMILES string of the molecule is CC(C)(C)[C@@H](N)C(=O)NC(C(=O)O)c1cccs1. The first-order chi connectivity index (χ1) is 8.23. The van der Waals surface area contributed by atoms with Gasteiger partial charge in [0.2, 0.25) is 5.91 Å². The molecule has 1 amide bonds. The van der Waals surface area contributed by atoms with E-state index < -0.39 is 29.4 Å². The molecule has 1 aromatic heterocycles. The summed E-state index contributed by atoms with van der Waals surface area (Å²) < 4.78 is 0. The second-order valence-corrected chi connectivity index (χ2v) is 6.12. The number of nitrogens with one attached hydrogen (secondary N) is 1. The maximum absolute atomic E-state index is 11.9. The lowest BCUT2D eigenvalue weighted by Gasteiger charge is -2.27. The summed E-state index contributed by atoms with van der Waals surface area (Å²) >= 11 is 1.28. The highest BCUT2D eigenvalue weighted by Crippen LogP contribution is 2.21. The number of carboxylic acid groups (broad SMARTS) is 1. The summed E-state index contributed by atoms with van der Waals surface area (Å²) in [4.78, 5) is 23.6. The summed E-state index contributed by atoms with van der Waals surface area (Å²) in [7, 11) is 0. The van der Waals surface area contributed by atoms with Crippen molar-refractivity contribution in [3.05, 3.63) is 22.4 Å². The third kappa shape index (κ3) is 3.54. The highest BCUT2D eigenvalue weighted by molar-refractivity contribution is 7.10. The van der Waals surface area contributed by atoms with Gasteiger partial charge in [-0.25, -0.2) is 4.79 Å². The molecule has 0 bridgehead atoms. The fourth-order valence-corrected chi connectivity index (χ4v) is 2.10. The minimum atomic E-state index is -1.09. The quantitative estimate of drug-likeness (QED) is 0.770. The molecule has 0 aliphatic rings. The Bertz CT molecular complexity index is 423. The van der Waals surface area contributed by atoms with Gasteiger partial charge in [0.1, 0.15) is 0 Å². The molecule has 0 fully saturated rings. The van der Waals surface area contributed by atoms with Crippen molar-refractivity contribution in [1.82, 2.24) is 5.32 Å². The molecule has 2 atom stereocenters. The molecule has 6 heteroatoms. The van der Waals surface area contributed by atoms with Crippen LogP contribution < -0.4 is 11.1 Å². The van der Waals surface area contributed by atoms with Crippen molar-refractivity contribution in [2.45, 2.75) is 32.9 Å². The van der Waals surface area contributed by atoms with Crippen LogP contribution in [-0.4, -0.2) is 23.0 Å². The predicted molar refractivity (Wildman–Crippen MR) is 70.3 cm³/mol. The molecule has 0 radical (unpaired) electrons. The Hall–Kier alpha value is -1.40. The maximum Gasteiger partial charge on any atom is 0.331 e. The maximum atomic E-state index is 11.9. The van der Waals surface area contributed by atoms with Crippen LogP contribution in [0.2, 0.25) is 0 Å². The lowest BCUT2D eigenvalue weighted by molar-refractivity contribution is -0.142. The molecule has 100 valence electrons. The van der Waals surface area contributed by atoms with E-state index in [2.05, 4.69) is 5.32 Å². The zero-order valence-corrected chi connectivity index (χ0v) is 11.5. The zero-order chi connectivity index (χ0) is 13.9. The first-order valence-electron chi connectivity index (χ1n) is 5.55. The van der Waals surface area contributed by atoms with Crippen LogP contribution >= 0.6 is 11.3 Å². The van der Waals surface area contributed by atoms with Gasteiger partial charge < -0.3 is 16.2 Å². The van der Waals surface area contributed by atoms with Crippen molar-refractivity contribution in [2.24, 2.45) is 11.1 Å². The first-order valence-corrected chi connectivity index (χ1v) is 6.43. The monoisotopic (exact) mass is 270 g/mol. The Kier molecular flexibility index (Phi) is 4.48. The van der Waals surface area contributed by atoms with Crippen molar-refractivity contribution in [3.8, 4) is 0 Å². The molecule has 1 unspecified atom stereocenters. The van der Waals surface area contributed by atoms with Crippen molar-refractivity contribution in [1.29, 1.82) is 0 Å². The van der Waals surface area contributed by atoms with E-state index in [9.17, 15) is 9.59 Å². The van der Waals surface area contributed by atoms with E-state index in [0.717, 1.165) is 0 Å². The Labute approximate surface area is 110 Å². The van der Waals surface area contributed by atoms with Crippen LogP contribution in [0.4, 0.5) is 0 Å². The van der Waals surface area contributed by atoms with Gasteiger partial charge in [-0.3, -0.25) is 4.79 Å². The molecule has 4 N–H and O–H groups in total. The number of rotatable bonds is 4. The standard InChI is InChI=1S/C12H18N2O3S/c1-12(2,3)9(13)10(15)14-8(11(16)17)7-5-4-6-18-7/h4-6,8-9H,13H2,1-3H3,(H,14,15)(H,16,17)/t8?,9-/m0/s1. The third-order valence-electron chi connectivity index (χ3n) is 2.58.